The summed E-state index contributed by atoms with van der Waals surface area (Å²) in [5.74, 6) is 1.04. The van der Waals surface area contributed by atoms with Crippen molar-refractivity contribution in [3.8, 4) is 5.75 Å². The van der Waals surface area contributed by atoms with Crippen molar-refractivity contribution in [2.75, 3.05) is 19.7 Å². The van der Waals surface area contributed by atoms with Crippen molar-refractivity contribution in [2.24, 2.45) is 13.0 Å². The number of likely N-dealkylation sites (tertiary alicyclic amines) is 1. The van der Waals surface area contributed by atoms with Crippen LogP contribution in [0.1, 0.15) is 17.0 Å². The average molecular weight is 364 g/mol. The average Bonchev–Trinajstić information content (AvgIpc) is 3.26. The second-order valence-corrected chi connectivity index (χ2v) is 6.83. The molecule has 2 aromatic rings. The highest BCUT2D eigenvalue weighted by Crippen LogP contribution is 2.33. The summed E-state index contributed by atoms with van der Waals surface area (Å²) in [5.41, 5.74) is 0. The molecule has 2 aliphatic heterocycles. The number of aromatic nitrogens is 4. The van der Waals surface area contributed by atoms with Gasteiger partial charge in [-0.15, -0.1) is 5.10 Å². The summed E-state index contributed by atoms with van der Waals surface area (Å²) < 4.78 is 13.3. The van der Waals surface area contributed by atoms with Crippen LogP contribution in [-0.2, 0) is 11.8 Å². The fraction of sp³-hybridized carbons (Fsp3) is 0.500. The van der Waals surface area contributed by atoms with E-state index in [0.717, 1.165) is 6.42 Å². The lowest BCUT2D eigenvalue weighted by atomic mass is 10.0. The highest BCUT2D eigenvalue weighted by Gasteiger charge is 2.44. The normalized spacial score (nSPS) is 25.2. The number of amides is 1. The van der Waals surface area contributed by atoms with Crippen LogP contribution in [0.5, 0.6) is 5.75 Å². The van der Waals surface area contributed by atoms with E-state index >= 15 is 0 Å². The van der Waals surface area contributed by atoms with Gasteiger partial charge in [-0.25, -0.2) is 4.98 Å². The number of rotatable bonds is 4. The van der Waals surface area contributed by atoms with Crippen molar-refractivity contribution in [1.29, 1.82) is 0 Å². The van der Waals surface area contributed by atoms with Gasteiger partial charge in [0.25, 0.3) is 5.91 Å². The van der Waals surface area contributed by atoms with Crippen LogP contribution in [0.15, 0.2) is 24.8 Å². The van der Waals surface area contributed by atoms with Gasteiger partial charge >= 0.3 is 0 Å². The number of fused-ring (bicyclic) bond motifs is 1. The van der Waals surface area contributed by atoms with Gasteiger partial charge in [-0.2, -0.15) is 0 Å². The van der Waals surface area contributed by atoms with Crippen LogP contribution in [0.3, 0.4) is 0 Å². The lowest BCUT2D eigenvalue weighted by Crippen LogP contribution is -2.33. The van der Waals surface area contributed by atoms with Gasteiger partial charge in [0.2, 0.25) is 5.82 Å². The minimum Gasteiger partial charge on any atom is -0.489 e. The number of nitrogens with zero attached hydrogens (tertiary/aromatic N) is 5. The van der Waals surface area contributed by atoms with E-state index in [1.165, 1.54) is 11.0 Å². The van der Waals surface area contributed by atoms with Gasteiger partial charge in [-0.05, 0) is 6.42 Å². The molecule has 2 saturated heterocycles. The summed E-state index contributed by atoms with van der Waals surface area (Å²) in [6.45, 7) is 1.68. The van der Waals surface area contributed by atoms with Crippen molar-refractivity contribution in [3.05, 3.63) is 35.6 Å². The maximum absolute atomic E-state index is 12.4. The molecular formula is C16H18ClN5O3. The van der Waals surface area contributed by atoms with Crippen LogP contribution in [0.4, 0.5) is 0 Å². The first-order valence-electron chi connectivity index (χ1n) is 8.12. The van der Waals surface area contributed by atoms with Gasteiger partial charge in [0.15, 0.2) is 0 Å². The Morgan fingerprint density at radius 1 is 1.44 bits per heavy atom. The number of ether oxygens (including phenoxy) is 2. The van der Waals surface area contributed by atoms with Crippen molar-refractivity contribution in [3.63, 3.8) is 0 Å². The third kappa shape index (κ3) is 3.45. The topological polar surface area (TPSA) is 82.4 Å². The third-order valence-electron chi connectivity index (χ3n) is 4.51. The van der Waals surface area contributed by atoms with Crippen LogP contribution in [0.2, 0.25) is 5.02 Å². The van der Waals surface area contributed by atoms with E-state index < -0.39 is 0 Å². The van der Waals surface area contributed by atoms with E-state index in [1.807, 2.05) is 0 Å². The minimum atomic E-state index is -0.142. The predicted molar refractivity (Wildman–Crippen MR) is 88.4 cm³/mol. The zero-order valence-corrected chi connectivity index (χ0v) is 14.5. The van der Waals surface area contributed by atoms with Gasteiger partial charge in [0, 0.05) is 38.3 Å². The molecule has 2 fully saturated rings. The summed E-state index contributed by atoms with van der Waals surface area (Å²) in [6.07, 6.45) is 5.63. The molecule has 0 spiro atoms. The van der Waals surface area contributed by atoms with Gasteiger partial charge < -0.3 is 14.4 Å². The number of carbonyl (C=O) groups is 1. The van der Waals surface area contributed by atoms with Gasteiger partial charge in [0.05, 0.1) is 23.4 Å². The Bertz CT molecular complexity index is 769. The zero-order chi connectivity index (χ0) is 17.4. The fourth-order valence-corrected chi connectivity index (χ4v) is 3.54. The Morgan fingerprint density at radius 2 is 2.32 bits per heavy atom. The number of aryl methyl sites for hydroxylation is 1. The van der Waals surface area contributed by atoms with Gasteiger partial charge in [0.1, 0.15) is 18.7 Å². The molecule has 0 N–H and O–H groups in total. The highest BCUT2D eigenvalue weighted by molar-refractivity contribution is 6.30. The van der Waals surface area contributed by atoms with E-state index in [-0.39, 0.29) is 23.9 Å². The largest absolute Gasteiger partial charge is 0.489 e. The molecule has 4 heterocycles. The van der Waals surface area contributed by atoms with Crippen LogP contribution in [-0.4, -0.2) is 62.5 Å². The molecule has 0 aromatic carbocycles. The SMILES string of the molecule is Cn1cnc(C(=O)N2C[C@@H]3C[C@@H](COc4cncc(Cl)c4)O[C@@H]3C2)n1. The van der Waals surface area contributed by atoms with Crippen LogP contribution in [0, 0.1) is 5.92 Å². The highest BCUT2D eigenvalue weighted by atomic mass is 35.5. The smallest absolute Gasteiger partial charge is 0.293 e. The molecule has 0 saturated carbocycles. The first kappa shape index (κ1) is 16.3. The molecule has 0 aliphatic carbocycles. The number of pyridine rings is 1. The van der Waals surface area contributed by atoms with Crippen LogP contribution in [0.25, 0.3) is 0 Å². The second-order valence-electron chi connectivity index (χ2n) is 6.39. The van der Waals surface area contributed by atoms with Crippen LogP contribution < -0.4 is 4.74 Å². The molecular weight excluding hydrogens is 346 g/mol. The molecule has 0 bridgehead atoms. The molecule has 8 nitrogen and oxygen atoms in total. The van der Waals surface area contributed by atoms with Crippen molar-refractivity contribution < 1.29 is 14.3 Å². The van der Waals surface area contributed by atoms with Crippen molar-refractivity contribution in [2.45, 2.75) is 18.6 Å². The molecule has 2 aromatic heterocycles. The van der Waals surface area contributed by atoms with Crippen molar-refractivity contribution >= 4 is 17.5 Å². The summed E-state index contributed by atoms with van der Waals surface area (Å²) >= 11 is 5.89. The Hall–Kier alpha value is -2.19. The zero-order valence-electron chi connectivity index (χ0n) is 13.7. The molecule has 2 aliphatic rings. The standard InChI is InChI=1S/C16H18ClN5O3/c1-21-9-19-15(20-21)16(23)22-6-10-2-13(25-14(10)7-22)8-24-12-3-11(17)4-18-5-12/h3-5,9-10,13-14H,2,6-8H2,1H3/t10-,13-,14+/m0/s1. The van der Waals surface area contributed by atoms with E-state index in [2.05, 4.69) is 15.1 Å². The predicted octanol–water partition coefficient (Wildman–Crippen LogP) is 1.17. The third-order valence-corrected chi connectivity index (χ3v) is 4.71. The summed E-state index contributed by atoms with van der Waals surface area (Å²) in [5, 5.41) is 4.61. The van der Waals surface area contributed by atoms with E-state index in [1.54, 1.807) is 30.4 Å². The Kier molecular flexibility index (Phi) is 4.30. The Labute approximate surface area is 149 Å². The fourth-order valence-electron chi connectivity index (χ4n) is 3.37. The monoisotopic (exact) mass is 363 g/mol. The maximum atomic E-state index is 12.4. The van der Waals surface area contributed by atoms with Crippen LogP contribution >= 0.6 is 11.6 Å². The second kappa shape index (κ2) is 6.61. The molecule has 3 atom stereocenters. The Balaban J connectivity index is 1.29. The van der Waals surface area contributed by atoms with Gasteiger partial charge in [-0.3, -0.25) is 14.5 Å². The maximum Gasteiger partial charge on any atom is 0.293 e. The summed E-state index contributed by atoms with van der Waals surface area (Å²) in [6, 6.07) is 1.73. The first-order valence-corrected chi connectivity index (χ1v) is 8.50. The number of carbonyl (C=O) groups excluding carboxylic acids is 1. The molecule has 25 heavy (non-hydrogen) atoms. The molecule has 1 amide bonds. The molecule has 4 rings (SSSR count). The van der Waals surface area contributed by atoms with E-state index in [0.29, 0.717) is 36.4 Å². The van der Waals surface area contributed by atoms with Crippen molar-refractivity contribution in [1.82, 2.24) is 24.6 Å². The first-order chi connectivity index (χ1) is 12.1. The van der Waals surface area contributed by atoms with E-state index in [9.17, 15) is 4.79 Å². The number of hydrogen-bond acceptors (Lipinski definition) is 6. The quantitative estimate of drug-likeness (QED) is 0.811. The summed E-state index contributed by atoms with van der Waals surface area (Å²) in [4.78, 5) is 22.2. The molecule has 9 heteroatoms. The summed E-state index contributed by atoms with van der Waals surface area (Å²) in [7, 11) is 1.74. The molecule has 132 valence electrons. The van der Waals surface area contributed by atoms with E-state index in [4.69, 9.17) is 21.1 Å². The van der Waals surface area contributed by atoms with Gasteiger partial charge in [-0.1, -0.05) is 11.6 Å². The lowest BCUT2D eigenvalue weighted by molar-refractivity contribution is 0.0129. The number of halogens is 1. The Morgan fingerprint density at radius 3 is 3.04 bits per heavy atom. The lowest BCUT2D eigenvalue weighted by Gasteiger charge is -2.18. The molecule has 0 radical (unpaired) electrons. The molecule has 0 unspecified atom stereocenters. The minimum absolute atomic E-state index is 0.0132. The number of hydrogen-bond donors (Lipinski definition) is 0.